The minimum atomic E-state index is -3.73. The number of sulfonamides is 1. The molecule has 4 rings (SSSR count). The van der Waals surface area contributed by atoms with Gasteiger partial charge in [0.25, 0.3) is 5.91 Å². The van der Waals surface area contributed by atoms with Crippen molar-refractivity contribution >= 4 is 33.2 Å². The summed E-state index contributed by atoms with van der Waals surface area (Å²) in [5, 5.41) is 5.58. The molecule has 1 saturated heterocycles. The number of amides is 2. The van der Waals surface area contributed by atoms with Crippen LogP contribution in [0.15, 0.2) is 77.8 Å². The molecule has 8 nitrogen and oxygen atoms in total. The van der Waals surface area contributed by atoms with E-state index in [1.807, 2.05) is 0 Å². The van der Waals surface area contributed by atoms with Crippen molar-refractivity contribution in [2.24, 2.45) is 5.92 Å². The molecule has 2 aromatic carbocycles. The fourth-order valence-corrected chi connectivity index (χ4v) is 5.16. The van der Waals surface area contributed by atoms with Gasteiger partial charge in [-0.15, -0.1) is 0 Å². The molecule has 2 N–H and O–H groups in total. The Bertz CT molecular complexity index is 1260. The molecule has 0 unspecified atom stereocenters. The number of halogens is 1. The van der Waals surface area contributed by atoms with E-state index in [0.29, 0.717) is 29.9 Å². The molecule has 1 aliphatic heterocycles. The van der Waals surface area contributed by atoms with Gasteiger partial charge in [0.1, 0.15) is 11.5 Å². The Kier molecular flexibility index (Phi) is 6.99. The molecule has 2 amide bonds. The van der Waals surface area contributed by atoms with Crippen molar-refractivity contribution in [3.05, 3.63) is 84.4 Å². The summed E-state index contributed by atoms with van der Waals surface area (Å²) < 4.78 is 39.9. The number of aromatic nitrogens is 1. The Balaban J connectivity index is 1.30. The lowest BCUT2D eigenvalue weighted by Gasteiger charge is -2.30. The van der Waals surface area contributed by atoms with Gasteiger partial charge < -0.3 is 10.6 Å². The van der Waals surface area contributed by atoms with Crippen LogP contribution in [0.2, 0.25) is 0 Å². The molecule has 0 bridgehead atoms. The van der Waals surface area contributed by atoms with Crippen molar-refractivity contribution in [1.82, 2.24) is 9.29 Å². The summed E-state index contributed by atoms with van der Waals surface area (Å²) in [6.45, 7) is 0.409. The van der Waals surface area contributed by atoms with Gasteiger partial charge in [-0.25, -0.2) is 12.8 Å². The maximum absolute atomic E-state index is 13.1. The van der Waals surface area contributed by atoms with E-state index >= 15 is 0 Å². The fourth-order valence-electron chi connectivity index (χ4n) is 3.69. The molecule has 176 valence electrons. The quantitative estimate of drug-likeness (QED) is 0.559. The lowest BCUT2D eigenvalue weighted by molar-refractivity contribution is -0.120. The van der Waals surface area contributed by atoms with E-state index in [1.54, 1.807) is 42.5 Å². The van der Waals surface area contributed by atoms with Gasteiger partial charge in [0.15, 0.2) is 0 Å². The van der Waals surface area contributed by atoms with Crippen LogP contribution in [0.5, 0.6) is 0 Å². The van der Waals surface area contributed by atoms with Crippen LogP contribution in [0.25, 0.3) is 0 Å². The molecule has 0 saturated carbocycles. The Morgan fingerprint density at radius 1 is 0.882 bits per heavy atom. The monoisotopic (exact) mass is 482 g/mol. The molecule has 0 atom stereocenters. The number of piperidine rings is 1. The molecule has 2 heterocycles. The molecular formula is C24H23FN4O4S. The smallest absolute Gasteiger partial charge is 0.274 e. The van der Waals surface area contributed by atoms with Crippen LogP contribution >= 0.6 is 0 Å². The van der Waals surface area contributed by atoms with Crippen molar-refractivity contribution < 1.29 is 22.4 Å². The zero-order valence-corrected chi connectivity index (χ0v) is 19.0. The highest BCUT2D eigenvalue weighted by molar-refractivity contribution is 7.89. The SMILES string of the molecule is O=C(Nc1ccc(NC(=O)C2CCN(S(=O)(=O)c3ccc(F)cc3)CC2)cc1)c1ccccn1. The molecule has 0 spiro atoms. The summed E-state index contributed by atoms with van der Waals surface area (Å²) in [7, 11) is -3.73. The number of rotatable bonds is 6. The topological polar surface area (TPSA) is 108 Å². The Morgan fingerprint density at radius 3 is 2.09 bits per heavy atom. The van der Waals surface area contributed by atoms with Crippen LogP contribution < -0.4 is 10.6 Å². The number of nitrogens with zero attached hydrogens (tertiary/aromatic N) is 2. The van der Waals surface area contributed by atoms with Gasteiger partial charge in [-0.3, -0.25) is 14.6 Å². The van der Waals surface area contributed by atoms with Crippen LogP contribution in [-0.4, -0.2) is 42.6 Å². The average Bonchev–Trinajstić information content (AvgIpc) is 2.86. The van der Waals surface area contributed by atoms with Gasteiger partial charge in [0.05, 0.1) is 4.90 Å². The van der Waals surface area contributed by atoms with Crippen molar-refractivity contribution in [2.75, 3.05) is 23.7 Å². The first-order valence-corrected chi connectivity index (χ1v) is 12.2. The number of hydrogen-bond acceptors (Lipinski definition) is 5. The summed E-state index contributed by atoms with van der Waals surface area (Å²) in [6, 6.07) is 16.5. The predicted molar refractivity (Wildman–Crippen MR) is 125 cm³/mol. The third kappa shape index (κ3) is 5.46. The standard InChI is InChI=1S/C24H23FN4O4S/c25-18-4-10-21(11-5-18)34(32,33)29-15-12-17(13-16-29)23(30)27-19-6-8-20(9-7-19)28-24(31)22-3-1-2-14-26-22/h1-11,14,17H,12-13,15-16H2,(H,27,30)(H,28,31). The van der Waals surface area contributed by atoms with E-state index in [4.69, 9.17) is 0 Å². The van der Waals surface area contributed by atoms with Gasteiger partial charge in [0, 0.05) is 36.6 Å². The van der Waals surface area contributed by atoms with Crippen molar-refractivity contribution in [2.45, 2.75) is 17.7 Å². The maximum Gasteiger partial charge on any atom is 0.274 e. The Hall–Kier alpha value is -3.63. The van der Waals surface area contributed by atoms with Crippen LogP contribution in [-0.2, 0) is 14.8 Å². The number of carbonyl (C=O) groups is 2. The van der Waals surface area contributed by atoms with Gasteiger partial charge in [-0.05, 0) is 73.5 Å². The third-order valence-corrected chi connectivity index (χ3v) is 7.50. The number of benzene rings is 2. The van der Waals surface area contributed by atoms with Gasteiger partial charge in [0.2, 0.25) is 15.9 Å². The normalized spacial score (nSPS) is 15.0. The second kappa shape index (κ2) is 10.1. The summed E-state index contributed by atoms with van der Waals surface area (Å²) in [5.41, 5.74) is 1.43. The van der Waals surface area contributed by atoms with Crippen molar-refractivity contribution in [3.8, 4) is 0 Å². The number of hydrogen-bond donors (Lipinski definition) is 2. The third-order valence-electron chi connectivity index (χ3n) is 5.58. The largest absolute Gasteiger partial charge is 0.326 e. The molecule has 0 radical (unpaired) electrons. The Labute approximate surface area is 196 Å². The molecular weight excluding hydrogens is 459 g/mol. The van der Waals surface area contributed by atoms with Gasteiger partial charge in [-0.2, -0.15) is 4.31 Å². The fraction of sp³-hybridized carbons (Fsp3) is 0.208. The minimum absolute atomic E-state index is 0.0343. The number of carbonyl (C=O) groups excluding carboxylic acids is 2. The number of pyridine rings is 1. The summed E-state index contributed by atoms with van der Waals surface area (Å²) in [5.74, 6) is -1.36. The van der Waals surface area contributed by atoms with Crippen LogP contribution in [0.4, 0.5) is 15.8 Å². The molecule has 0 aliphatic carbocycles. The summed E-state index contributed by atoms with van der Waals surface area (Å²) >= 11 is 0. The van der Waals surface area contributed by atoms with E-state index in [-0.39, 0.29) is 35.7 Å². The lowest BCUT2D eigenvalue weighted by Crippen LogP contribution is -2.41. The van der Waals surface area contributed by atoms with E-state index in [0.717, 1.165) is 12.1 Å². The number of anilines is 2. The van der Waals surface area contributed by atoms with Crippen LogP contribution in [0.1, 0.15) is 23.3 Å². The van der Waals surface area contributed by atoms with Gasteiger partial charge in [-0.1, -0.05) is 6.07 Å². The maximum atomic E-state index is 13.1. The first-order valence-electron chi connectivity index (χ1n) is 10.7. The number of nitrogens with one attached hydrogen (secondary N) is 2. The van der Waals surface area contributed by atoms with Crippen molar-refractivity contribution in [3.63, 3.8) is 0 Å². The van der Waals surface area contributed by atoms with Crippen molar-refractivity contribution in [1.29, 1.82) is 0 Å². The highest BCUT2D eigenvalue weighted by Crippen LogP contribution is 2.25. The van der Waals surface area contributed by atoms with Crippen LogP contribution in [0.3, 0.4) is 0 Å². The minimum Gasteiger partial charge on any atom is -0.326 e. The first-order chi connectivity index (χ1) is 16.3. The molecule has 1 fully saturated rings. The van der Waals surface area contributed by atoms with E-state index in [1.165, 1.54) is 22.6 Å². The second-order valence-electron chi connectivity index (χ2n) is 7.87. The molecule has 1 aromatic heterocycles. The van der Waals surface area contributed by atoms with E-state index < -0.39 is 15.8 Å². The molecule has 10 heteroatoms. The second-order valence-corrected chi connectivity index (χ2v) is 9.81. The van der Waals surface area contributed by atoms with Gasteiger partial charge >= 0.3 is 0 Å². The zero-order chi connectivity index (χ0) is 24.1. The zero-order valence-electron chi connectivity index (χ0n) is 18.1. The Morgan fingerprint density at radius 2 is 1.50 bits per heavy atom. The highest BCUT2D eigenvalue weighted by atomic mass is 32.2. The lowest BCUT2D eigenvalue weighted by atomic mass is 9.97. The molecule has 1 aliphatic rings. The van der Waals surface area contributed by atoms with E-state index in [2.05, 4.69) is 15.6 Å². The predicted octanol–water partition coefficient (Wildman–Crippen LogP) is 3.51. The summed E-state index contributed by atoms with van der Waals surface area (Å²) in [6.07, 6.45) is 2.30. The van der Waals surface area contributed by atoms with E-state index in [9.17, 15) is 22.4 Å². The highest BCUT2D eigenvalue weighted by Gasteiger charge is 2.32. The first kappa shape index (κ1) is 23.5. The summed E-state index contributed by atoms with van der Waals surface area (Å²) in [4.78, 5) is 28.9. The average molecular weight is 483 g/mol. The van der Waals surface area contributed by atoms with Crippen LogP contribution in [0, 0.1) is 11.7 Å². The molecule has 3 aromatic rings. The molecule has 34 heavy (non-hydrogen) atoms.